The fraction of sp³-hybridized carbons (Fsp3) is 0.429. The molecule has 4 aliphatic rings. The lowest BCUT2D eigenvalue weighted by atomic mass is 9.45. The SMILES string of the molecule is CC(=O)Oc1ccc(Oc2ccc(C(=O)O[C@@]3(C(=O)O)CC[C@H]4[C@@H]5CCC6=CC(=O)C=C[C@]6(C)C5(F)[C@@H](O)C[C@@]43C)cc2)cc1. The maximum atomic E-state index is 17.4. The van der Waals surface area contributed by atoms with Gasteiger partial charge in [0.25, 0.3) is 0 Å². The maximum Gasteiger partial charge on any atom is 0.348 e. The second-order valence-electron chi connectivity index (χ2n) is 13.0. The Balaban J connectivity index is 1.23. The van der Waals surface area contributed by atoms with Gasteiger partial charge >= 0.3 is 17.9 Å². The van der Waals surface area contributed by atoms with Gasteiger partial charge in [-0.25, -0.2) is 14.0 Å². The Kier molecular flexibility index (Phi) is 7.27. The monoisotopic (exact) mass is 618 g/mol. The largest absolute Gasteiger partial charge is 0.478 e. The van der Waals surface area contributed by atoms with Crippen molar-refractivity contribution in [2.24, 2.45) is 22.7 Å². The highest BCUT2D eigenvalue weighted by Crippen LogP contribution is 2.70. The van der Waals surface area contributed by atoms with Crippen molar-refractivity contribution in [1.29, 1.82) is 0 Å². The van der Waals surface area contributed by atoms with Crippen LogP contribution in [0.25, 0.3) is 0 Å². The summed E-state index contributed by atoms with van der Waals surface area (Å²) in [5, 5.41) is 22.1. The molecular weight excluding hydrogens is 583 g/mol. The van der Waals surface area contributed by atoms with Gasteiger partial charge in [-0.1, -0.05) is 18.6 Å². The number of esters is 2. The number of carbonyl (C=O) groups excluding carboxylic acids is 3. The van der Waals surface area contributed by atoms with Gasteiger partial charge in [0.2, 0.25) is 5.60 Å². The summed E-state index contributed by atoms with van der Waals surface area (Å²) >= 11 is 0. The van der Waals surface area contributed by atoms with Crippen molar-refractivity contribution in [1.82, 2.24) is 0 Å². The quantitative estimate of drug-likeness (QED) is 0.306. The summed E-state index contributed by atoms with van der Waals surface area (Å²) in [6.45, 7) is 4.69. The summed E-state index contributed by atoms with van der Waals surface area (Å²) in [5.74, 6) is -2.79. The van der Waals surface area contributed by atoms with Crippen molar-refractivity contribution in [2.75, 3.05) is 0 Å². The highest BCUT2D eigenvalue weighted by molar-refractivity contribution is 6.01. The fourth-order valence-corrected chi connectivity index (χ4v) is 8.52. The number of carboxylic acids is 1. The Morgan fingerprint density at radius 2 is 1.56 bits per heavy atom. The minimum atomic E-state index is -2.12. The second kappa shape index (κ2) is 10.7. The van der Waals surface area contributed by atoms with Gasteiger partial charge in [-0.05, 0) is 106 Å². The standard InChI is InChI=1S/C35H35FO9/c1-20(37)43-24-9-11-26(12-10-24)44-25-7-4-21(5-8-25)30(40)45-34(31(41)42)17-15-27-28-13-6-22-18-23(38)14-16-32(22,2)35(28,36)29(39)19-33(27,34)3/h4-5,7-12,14,16,18,27-29,39H,6,13,15,17,19H2,1-3H3,(H,41,42)/t27-,28-,29-,32-,33-,34+,35?/m0/s1. The molecule has 236 valence electrons. The number of ether oxygens (including phenoxy) is 3. The van der Waals surface area contributed by atoms with E-state index in [0.29, 0.717) is 42.1 Å². The maximum absolute atomic E-state index is 17.4. The summed E-state index contributed by atoms with van der Waals surface area (Å²) < 4.78 is 34.1. The number of allylic oxidation sites excluding steroid dienone is 4. The van der Waals surface area contributed by atoms with Crippen LogP contribution in [0.2, 0.25) is 0 Å². The zero-order valence-electron chi connectivity index (χ0n) is 25.2. The predicted octanol–water partition coefficient (Wildman–Crippen LogP) is 5.76. The Morgan fingerprint density at radius 1 is 0.933 bits per heavy atom. The summed E-state index contributed by atoms with van der Waals surface area (Å²) in [5.41, 5.74) is -5.81. The van der Waals surface area contributed by atoms with E-state index in [0.717, 1.165) is 0 Å². The summed E-state index contributed by atoms with van der Waals surface area (Å²) in [4.78, 5) is 49.7. The molecule has 7 atom stereocenters. The van der Waals surface area contributed by atoms with Crippen molar-refractivity contribution in [3.8, 4) is 17.2 Å². The first kappa shape index (κ1) is 30.7. The molecule has 0 spiro atoms. The number of aliphatic hydroxyl groups excluding tert-OH is 1. The number of fused-ring (bicyclic) bond motifs is 5. The summed E-state index contributed by atoms with van der Waals surface area (Å²) in [6, 6.07) is 12.4. The third-order valence-electron chi connectivity index (χ3n) is 10.8. The van der Waals surface area contributed by atoms with E-state index in [1.807, 2.05) is 0 Å². The lowest BCUT2D eigenvalue weighted by Crippen LogP contribution is -2.69. The number of ketones is 1. The predicted molar refractivity (Wildman–Crippen MR) is 158 cm³/mol. The molecule has 3 fully saturated rings. The number of hydrogen-bond donors (Lipinski definition) is 2. The van der Waals surface area contributed by atoms with E-state index < -0.39 is 57.9 Å². The molecule has 2 aromatic carbocycles. The minimum Gasteiger partial charge on any atom is -0.478 e. The average Bonchev–Trinajstić information content (AvgIpc) is 3.27. The number of aliphatic carboxylic acids is 1. The molecule has 0 aromatic heterocycles. The van der Waals surface area contributed by atoms with Gasteiger partial charge in [-0.2, -0.15) is 0 Å². The van der Waals surface area contributed by atoms with Gasteiger partial charge in [0.15, 0.2) is 11.5 Å². The zero-order valence-corrected chi connectivity index (χ0v) is 25.2. The third-order valence-corrected chi connectivity index (χ3v) is 10.8. The Bertz CT molecular complexity index is 1630. The minimum absolute atomic E-state index is 0.0210. The number of carbonyl (C=O) groups is 4. The third kappa shape index (κ3) is 4.60. The zero-order chi connectivity index (χ0) is 32.4. The van der Waals surface area contributed by atoms with Gasteiger partial charge in [0.05, 0.1) is 11.7 Å². The van der Waals surface area contributed by atoms with Crippen LogP contribution in [-0.4, -0.2) is 51.3 Å². The second-order valence-corrected chi connectivity index (χ2v) is 13.0. The van der Waals surface area contributed by atoms with Gasteiger partial charge in [-0.15, -0.1) is 0 Å². The van der Waals surface area contributed by atoms with Crippen LogP contribution in [0, 0.1) is 22.7 Å². The molecule has 10 heteroatoms. The molecule has 1 unspecified atom stereocenters. The van der Waals surface area contributed by atoms with Crippen LogP contribution in [0.15, 0.2) is 72.3 Å². The van der Waals surface area contributed by atoms with E-state index >= 15 is 4.39 Å². The molecular formula is C35H35FO9. The Labute approximate surface area is 259 Å². The Hall–Kier alpha value is -4.31. The van der Waals surface area contributed by atoms with Crippen molar-refractivity contribution >= 4 is 23.7 Å². The van der Waals surface area contributed by atoms with Crippen LogP contribution in [0.5, 0.6) is 17.2 Å². The first-order valence-corrected chi connectivity index (χ1v) is 15.1. The van der Waals surface area contributed by atoms with E-state index in [4.69, 9.17) is 14.2 Å². The average molecular weight is 619 g/mol. The number of halogens is 1. The number of carboxylic acid groups (broad SMARTS) is 1. The van der Waals surface area contributed by atoms with Gasteiger partial charge in [0.1, 0.15) is 17.2 Å². The highest BCUT2D eigenvalue weighted by Gasteiger charge is 2.76. The molecule has 0 radical (unpaired) electrons. The van der Waals surface area contributed by atoms with Gasteiger partial charge < -0.3 is 24.4 Å². The van der Waals surface area contributed by atoms with E-state index in [2.05, 4.69) is 0 Å². The summed E-state index contributed by atoms with van der Waals surface area (Å²) in [6.07, 6.45) is 3.64. The molecule has 4 aliphatic carbocycles. The van der Waals surface area contributed by atoms with Crippen LogP contribution >= 0.6 is 0 Å². The molecule has 6 rings (SSSR count). The lowest BCUT2D eigenvalue weighted by Gasteiger charge is -2.62. The fourth-order valence-electron chi connectivity index (χ4n) is 8.52. The number of benzene rings is 2. The number of hydrogen-bond acceptors (Lipinski definition) is 8. The molecule has 0 bridgehead atoms. The number of aliphatic hydroxyl groups is 1. The smallest absolute Gasteiger partial charge is 0.348 e. The summed E-state index contributed by atoms with van der Waals surface area (Å²) in [7, 11) is 0. The number of alkyl halides is 1. The van der Waals surface area contributed by atoms with E-state index in [-0.39, 0.29) is 24.2 Å². The molecule has 2 N–H and O–H groups in total. The Morgan fingerprint density at radius 3 is 2.18 bits per heavy atom. The normalized spacial score (nSPS) is 34.9. The van der Waals surface area contributed by atoms with Crippen molar-refractivity contribution in [3.63, 3.8) is 0 Å². The highest BCUT2D eigenvalue weighted by atomic mass is 19.1. The molecule has 0 heterocycles. The van der Waals surface area contributed by atoms with Gasteiger partial charge in [-0.3, -0.25) is 9.59 Å². The van der Waals surface area contributed by atoms with E-state index in [9.17, 15) is 29.4 Å². The topological polar surface area (TPSA) is 136 Å². The van der Waals surface area contributed by atoms with Crippen molar-refractivity contribution in [3.05, 3.63) is 77.9 Å². The van der Waals surface area contributed by atoms with Crippen LogP contribution in [-0.2, 0) is 19.1 Å². The van der Waals surface area contributed by atoms with E-state index in [1.165, 1.54) is 31.2 Å². The van der Waals surface area contributed by atoms with Crippen LogP contribution < -0.4 is 9.47 Å². The molecule has 2 aromatic rings. The molecule has 3 saturated carbocycles. The first-order chi connectivity index (χ1) is 21.2. The molecule has 45 heavy (non-hydrogen) atoms. The van der Waals surface area contributed by atoms with Gasteiger partial charge in [0, 0.05) is 23.7 Å². The molecule has 9 nitrogen and oxygen atoms in total. The molecule has 0 amide bonds. The first-order valence-electron chi connectivity index (χ1n) is 15.1. The van der Waals surface area contributed by atoms with Crippen molar-refractivity contribution < 1.29 is 48.0 Å². The van der Waals surface area contributed by atoms with Crippen molar-refractivity contribution in [2.45, 2.75) is 70.2 Å². The molecule has 0 aliphatic heterocycles. The van der Waals surface area contributed by atoms with Crippen LogP contribution in [0.4, 0.5) is 4.39 Å². The van der Waals surface area contributed by atoms with E-state index in [1.54, 1.807) is 56.3 Å². The number of rotatable bonds is 6. The van der Waals surface area contributed by atoms with Crippen LogP contribution in [0.3, 0.4) is 0 Å². The van der Waals surface area contributed by atoms with Crippen LogP contribution in [0.1, 0.15) is 63.2 Å². The molecule has 0 saturated heterocycles. The lowest BCUT2D eigenvalue weighted by molar-refractivity contribution is -0.222.